The lowest BCUT2D eigenvalue weighted by Crippen LogP contribution is -2.43. The van der Waals surface area contributed by atoms with Gasteiger partial charge in [-0.15, -0.1) is 0 Å². The third-order valence-electron chi connectivity index (χ3n) is 3.40. The summed E-state index contributed by atoms with van der Waals surface area (Å²) in [5.41, 5.74) is 0. The van der Waals surface area contributed by atoms with Crippen molar-refractivity contribution in [2.24, 2.45) is 5.92 Å². The molecule has 0 heterocycles. The maximum Gasteiger partial charge on any atom is 0.401 e. The highest BCUT2D eigenvalue weighted by atomic mass is 19.4. The zero-order chi connectivity index (χ0) is 13.6. The normalized spacial score (nSPS) is 24.9. The predicted octanol–water partition coefficient (Wildman–Crippen LogP) is 2.22. The summed E-state index contributed by atoms with van der Waals surface area (Å²) in [6.45, 7) is 0.765. The summed E-state index contributed by atoms with van der Waals surface area (Å²) in [6.07, 6.45) is 0.954. The van der Waals surface area contributed by atoms with E-state index in [2.05, 4.69) is 17.6 Å². The van der Waals surface area contributed by atoms with E-state index in [1.54, 1.807) is 0 Å². The fourth-order valence-electron chi connectivity index (χ4n) is 2.31. The van der Waals surface area contributed by atoms with E-state index in [1.807, 2.05) is 0 Å². The molecule has 0 saturated heterocycles. The Morgan fingerprint density at radius 2 is 1.83 bits per heavy atom. The van der Waals surface area contributed by atoms with Crippen molar-refractivity contribution in [1.82, 2.24) is 10.6 Å². The van der Waals surface area contributed by atoms with E-state index in [-0.39, 0.29) is 18.5 Å². The second-order valence-corrected chi connectivity index (χ2v) is 4.91. The van der Waals surface area contributed by atoms with Crippen molar-refractivity contribution in [2.75, 3.05) is 13.1 Å². The van der Waals surface area contributed by atoms with E-state index in [4.69, 9.17) is 0 Å². The van der Waals surface area contributed by atoms with Crippen LogP contribution in [0.15, 0.2) is 0 Å². The first kappa shape index (κ1) is 15.3. The number of hydrogen-bond donors (Lipinski definition) is 2. The molecule has 106 valence electrons. The van der Waals surface area contributed by atoms with Crippen molar-refractivity contribution in [3.8, 4) is 0 Å². The molecule has 0 bridgehead atoms. The van der Waals surface area contributed by atoms with E-state index < -0.39 is 12.7 Å². The molecule has 0 aromatic heterocycles. The Hall–Kier alpha value is -0.780. The maximum atomic E-state index is 11.9. The second kappa shape index (κ2) is 6.97. The van der Waals surface area contributed by atoms with E-state index in [1.165, 1.54) is 0 Å². The minimum Gasteiger partial charge on any atom is -0.352 e. The van der Waals surface area contributed by atoms with Crippen molar-refractivity contribution in [3.05, 3.63) is 0 Å². The highest BCUT2D eigenvalue weighted by Crippen LogP contribution is 2.26. The summed E-state index contributed by atoms with van der Waals surface area (Å²) < 4.78 is 35.6. The Kier molecular flexibility index (Phi) is 5.91. The lowest BCUT2D eigenvalue weighted by molar-refractivity contribution is -0.128. The molecule has 1 amide bonds. The summed E-state index contributed by atoms with van der Waals surface area (Å²) >= 11 is 0. The maximum absolute atomic E-state index is 11.9. The fraction of sp³-hybridized carbons (Fsp3) is 0.917. The molecule has 1 saturated carbocycles. The number of hydrogen-bond acceptors (Lipinski definition) is 2. The molecule has 1 aliphatic rings. The van der Waals surface area contributed by atoms with E-state index in [0.717, 1.165) is 38.0 Å². The van der Waals surface area contributed by atoms with Crippen molar-refractivity contribution in [2.45, 2.75) is 51.2 Å². The summed E-state index contributed by atoms with van der Waals surface area (Å²) in [7, 11) is 0. The Labute approximate surface area is 106 Å². The van der Waals surface area contributed by atoms with Gasteiger partial charge in [0.1, 0.15) is 0 Å². The SMILES string of the molecule is CCC1CCC(NC(=O)CNCC(F)(F)F)CC1. The van der Waals surface area contributed by atoms with Gasteiger partial charge in [-0.3, -0.25) is 4.79 Å². The molecule has 0 aromatic carbocycles. The number of rotatable bonds is 5. The Balaban J connectivity index is 2.13. The Bertz CT molecular complexity index is 261. The molecule has 1 fully saturated rings. The van der Waals surface area contributed by atoms with Crippen LogP contribution in [0, 0.1) is 5.92 Å². The first-order chi connectivity index (χ1) is 8.40. The number of alkyl halides is 3. The molecule has 1 rings (SSSR count). The number of carbonyl (C=O) groups is 1. The van der Waals surface area contributed by atoms with Gasteiger partial charge in [0, 0.05) is 6.04 Å². The van der Waals surface area contributed by atoms with Gasteiger partial charge in [-0.05, 0) is 31.6 Å². The standard InChI is InChI=1S/C12H21F3N2O/c1-2-9-3-5-10(6-4-9)17-11(18)7-16-8-12(13,14)15/h9-10,16H,2-8H2,1H3,(H,17,18). The van der Waals surface area contributed by atoms with Crippen LogP contribution in [0.5, 0.6) is 0 Å². The molecule has 0 atom stereocenters. The number of amides is 1. The van der Waals surface area contributed by atoms with Gasteiger partial charge in [0.25, 0.3) is 0 Å². The van der Waals surface area contributed by atoms with Gasteiger partial charge in [0.15, 0.2) is 0 Å². The quantitative estimate of drug-likeness (QED) is 0.801. The third kappa shape index (κ3) is 6.23. The molecule has 3 nitrogen and oxygen atoms in total. The van der Waals surface area contributed by atoms with Crippen LogP contribution in [0.1, 0.15) is 39.0 Å². The van der Waals surface area contributed by atoms with Crippen molar-refractivity contribution >= 4 is 5.91 Å². The fourth-order valence-corrected chi connectivity index (χ4v) is 2.31. The van der Waals surface area contributed by atoms with Gasteiger partial charge in [0.2, 0.25) is 5.91 Å². The minimum absolute atomic E-state index is 0.132. The highest BCUT2D eigenvalue weighted by Gasteiger charge is 2.27. The van der Waals surface area contributed by atoms with Crippen LogP contribution in [-0.4, -0.2) is 31.2 Å². The average Bonchev–Trinajstić information content (AvgIpc) is 2.28. The molecular weight excluding hydrogens is 245 g/mol. The lowest BCUT2D eigenvalue weighted by atomic mass is 9.84. The lowest BCUT2D eigenvalue weighted by Gasteiger charge is -2.28. The van der Waals surface area contributed by atoms with Crippen molar-refractivity contribution in [1.29, 1.82) is 0 Å². The molecule has 0 radical (unpaired) electrons. The molecule has 2 N–H and O–H groups in total. The average molecular weight is 266 g/mol. The minimum atomic E-state index is -4.26. The van der Waals surface area contributed by atoms with Crippen LogP contribution in [-0.2, 0) is 4.79 Å². The molecule has 0 unspecified atom stereocenters. The van der Waals surface area contributed by atoms with Gasteiger partial charge in [-0.1, -0.05) is 13.3 Å². The summed E-state index contributed by atoms with van der Waals surface area (Å²) in [4.78, 5) is 11.4. The molecule has 18 heavy (non-hydrogen) atoms. The molecule has 0 aromatic rings. The van der Waals surface area contributed by atoms with Gasteiger partial charge < -0.3 is 10.6 Å². The molecule has 1 aliphatic carbocycles. The number of nitrogens with one attached hydrogen (secondary N) is 2. The van der Waals surface area contributed by atoms with E-state index in [0.29, 0.717) is 0 Å². The zero-order valence-electron chi connectivity index (χ0n) is 10.6. The van der Waals surface area contributed by atoms with Crippen LogP contribution >= 0.6 is 0 Å². The second-order valence-electron chi connectivity index (χ2n) is 4.91. The van der Waals surface area contributed by atoms with Gasteiger partial charge in [-0.2, -0.15) is 13.2 Å². The summed E-state index contributed by atoms with van der Waals surface area (Å²) in [5, 5.41) is 4.88. The number of carbonyl (C=O) groups excluding carboxylic acids is 1. The first-order valence-electron chi connectivity index (χ1n) is 6.47. The van der Waals surface area contributed by atoms with Crippen molar-refractivity contribution < 1.29 is 18.0 Å². The van der Waals surface area contributed by atoms with E-state index >= 15 is 0 Å². The largest absolute Gasteiger partial charge is 0.401 e. The van der Waals surface area contributed by atoms with E-state index in [9.17, 15) is 18.0 Å². The predicted molar refractivity (Wildman–Crippen MR) is 63.1 cm³/mol. The van der Waals surface area contributed by atoms with Crippen LogP contribution in [0.25, 0.3) is 0 Å². The first-order valence-corrected chi connectivity index (χ1v) is 6.47. The topological polar surface area (TPSA) is 41.1 Å². The zero-order valence-corrected chi connectivity index (χ0v) is 10.6. The molecule has 0 spiro atoms. The Morgan fingerprint density at radius 1 is 1.22 bits per heavy atom. The van der Waals surface area contributed by atoms with Crippen LogP contribution in [0.2, 0.25) is 0 Å². The third-order valence-corrected chi connectivity index (χ3v) is 3.40. The van der Waals surface area contributed by atoms with Gasteiger partial charge >= 0.3 is 6.18 Å². The Morgan fingerprint density at radius 3 is 2.33 bits per heavy atom. The summed E-state index contributed by atoms with van der Waals surface area (Å²) in [5.74, 6) is 0.390. The highest BCUT2D eigenvalue weighted by molar-refractivity contribution is 5.78. The molecule has 6 heteroatoms. The number of halogens is 3. The molecule has 0 aliphatic heterocycles. The van der Waals surface area contributed by atoms with Crippen molar-refractivity contribution in [3.63, 3.8) is 0 Å². The molecular formula is C12H21F3N2O. The van der Waals surface area contributed by atoms with Gasteiger partial charge in [-0.25, -0.2) is 0 Å². The summed E-state index contributed by atoms with van der Waals surface area (Å²) in [6, 6.07) is 0.132. The van der Waals surface area contributed by atoms with Crippen LogP contribution in [0.4, 0.5) is 13.2 Å². The smallest absolute Gasteiger partial charge is 0.352 e. The monoisotopic (exact) mass is 266 g/mol. The van der Waals surface area contributed by atoms with Crippen LogP contribution in [0.3, 0.4) is 0 Å². The van der Waals surface area contributed by atoms with Crippen LogP contribution < -0.4 is 10.6 Å². The van der Waals surface area contributed by atoms with Gasteiger partial charge in [0.05, 0.1) is 13.1 Å².